The zero-order chi connectivity index (χ0) is 20.8. The molecule has 0 radical (unpaired) electrons. The Morgan fingerprint density at radius 1 is 0.966 bits per heavy atom. The highest BCUT2D eigenvalue weighted by Crippen LogP contribution is 2.21. The molecule has 0 aliphatic heterocycles. The van der Waals surface area contributed by atoms with E-state index in [2.05, 4.69) is 15.4 Å². The fourth-order valence-corrected chi connectivity index (χ4v) is 3.14. The number of rotatable bonds is 7. The molecule has 2 amide bonds. The number of ether oxygens (including phenoxy) is 1. The number of esters is 1. The van der Waals surface area contributed by atoms with Gasteiger partial charge in [0.25, 0.3) is 0 Å². The van der Waals surface area contributed by atoms with E-state index in [0.717, 1.165) is 22.0 Å². The number of nitrogens with zero attached hydrogens (tertiary/aromatic N) is 1. The maximum Gasteiger partial charge on any atom is 0.325 e. The molecule has 2 aromatic carbocycles. The SMILES string of the molecule is COC(=O)CNC(=O)Cc1ccc(NC(=O)Cc2cn(C)c3ccccc23)cc1. The van der Waals surface area contributed by atoms with Gasteiger partial charge < -0.3 is 19.9 Å². The number of fused-ring (bicyclic) bond motifs is 1. The number of carbonyl (C=O) groups excluding carboxylic acids is 3. The first-order valence-electron chi connectivity index (χ1n) is 9.21. The van der Waals surface area contributed by atoms with E-state index in [1.54, 1.807) is 24.3 Å². The van der Waals surface area contributed by atoms with E-state index in [9.17, 15) is 14.4 Å². The summed E-state index contributed by atoms with van der Waals surface area (Å²) in [5.74, 6) is -0.879. The first-order valence-corrected chi connectivity index (χ1v) is 9.21. The number of carbonyl (C=O) groups is 3. The van der Waals surface area contributed by atoms with Gasteiger partial charge in [0.15, 0.2) is 0 Å². The van der Waals surface area contributed by atoms with Crippen molar-refractivity contribution in [2.24, 2.45) is 7.05 Å². The standard InChI is InChI=1S/C22H23N3O4/c1-25-14-16(18-5-3-4-6-19(18)25)12-21(27)24-17-9-7-15(8-10-17)11-20(26)23-13-22(28)29-2/h3-10,14H,11-13H2,1-2H3,(H,23,26)(H,24,27). The summed E-state index contributed by atoms with van der Waals surface area (Å²) in [5, 5.41) is 6.44. The Hall–Kier alpha value is -3.61. The Kier molecular flexibility index (Phi) is 6.29. The number of aryl methyl sites for hydroxylation is 1. The van der Waals surface area contributed by atoms with E-state index >= 15 is 0 Å². The molecule has 0 aliphatic carbocycles. The van der Waals surface area contributed by atoms with E-state index < -0.39 is 5.97 Å². The molecule has 7 nitrogen and oxygen atoms in total. The lowest BCUT2D eigenvalue weighted by atomic mass is 10.1. The van der Waals surface area contributed by atoms with Crippen molar-refractivity contribution >= 4 is 34.4 Å². The van der Waals surface area contributed by atoms with Gasteiger partial charge in [-0.15, -0.1) is 0 Å². The normalized spacial score (nSPS) is 10.6. The van der Waals surface area contributed by atoms with E-state index in [-0.39, 0.29) is 31.2 Å². The minimum absolute atomic E-state index is 0.107. The molecule has 0 bridgehead atoms. The number of methoxy groups -OCH3 is 1. The topological polar surface area (TPSA) is 89.4 Å². The van der Waals surface area contributed by atoms with Gasteiger partial charge in [0.1, 0.15) is 6.54 Å². The molecule has 0 atom stereocenters. The van der Waals surface area contributed by atoms with Gasteiger partial charge in [-0.25, -0.2) is 0 Å². The highest BCUT2D eigenvalue weighted by Gasteiger charge is 2.11. The van der Waals surface area contributed by atoms with Crippen molar-refractivity contribution in [2.45, 2.75) is 12.8 Å². The van der Waals surface area contributed by atoms with Crippen molar-refractivity contribution < 1.29 is 19.1 Å². The predicted octanol–water partition coefficient (Wildman–Crippen LogP) is 2.19. The number of hydrogen-bond acceptors (Lipinski definition) is 4. The third-order valence-corrected chi connectivity index (χ3v) is 4.59. The predicted molar refractivity (Wildman–Crippen MR) is 110 cm³/mol. The molecule has 0 unspecified atom stereocenters. The average molecular weight is 393 g/mol. The highest BCUT2D eigenvalue weighted by molar-refractivity contribution is 5.96. The molecule has 29 heavy (non-hydrogen) atoms. The lowest BCUT2D eigenvalue weighted by Crippen LogP contribution is -2.31. The molecular formula is C22H23N3O4. The van der Waals surface area contributed by atoms with Crippen molar-refractivity contribution in [3.63, 3.8) is 0 Å². The van der Waals surface area contributed by atoms with Crippen LogP contribution in [0.1, 0.15) is 11.1 Å². The van der Waals surface area contributed by atoms with Crippen LogP contribution < -0.4 is 10.6 Å². The van der Waals surface area contributed by atoms with E-state index in [0.29, 0.717) is 5.69 Å². The molecule has 0 saturated heterocycles. The van der Waals surface area contributed by atoms with Crippen molar-refractivity contribution in [3.8, 4) is 0 Å². The number of para-hydroxylation sites is 1. The minimum atomic E-state index is -0.498. The molecular weight excluding hydrogens is 370 g/mol. The van der Waals surface area contributed by atoms with Crippen LogP contribution in [0.2, 0.25) is 0 Å². The Labute approximate surface area is 168 Å². The summed E-state index contributed by atoms with van der Waals surface area (Å²) in [6, 6.07) is 15.0. The van der Waals surface area contributed by atoms with E-state index in [4.69, 9.17) is 0 Å². The van der Waals surface area contributed by atoms with Crippen LogP contribution in [-0.4, -0.2) is 36.0 Å². The third-order valence-electron chi connectivity index (χ3n) is 4.59. The number of anilines is 1. The molecule has 3 rings (SSSR count). The van der Waals surface area contributed by atoms with Crippen LogP contribution in [-0.2, 0) is 39.0 Å². The van der Waals surface area contributed by atoms with Crippen molar-refractivity contribution in [2.75, 3.05) is 19.0 Å². The maximum absolute atomic E-state index is 12.4. The lowest BCUT2D eigenvalue weighted by Gasteiger charge is -2.07. The van der Waals surface area contributed by atoms with Crippen LogP contribution in [0.25, 0.3) is 10.9 Å². The summed E-state index contributed by atoms with van der Waals surface area (Å²) in [6.07, 6.45) is 2.39. The Bertz CT molecular complexity index is 1040. The minimum Gasteiger partial charge on any atom is -0.468 e. The van der Waals surface area contributed by atoms with Gasteiger partial charge in [-0.2, -0.15) is 0 Å². The number of aromatic nitrogens is 1. The fraction of sp³-hybridized carbons (Fsp3) is 0.227. The monoisotopic (exact) mass is 393 g/mol. The summed E-state index contributed by atoms with van der Waals surface area (Å²) in [4.78, 5) is 35.3. The number of hydrogen-bond donors (Lipinski definition) is 2. The zero-order valence-corrected chi connectivity index (χ0v) is 16.4. The van der Waals surface area contributed by atoms with Crippen LogP contribution in [0, 0.1) is 0 Å². The van der Waals surface area contributed by atoms with Crippen LogP contribution in [0.3, 0.4) is 0 Å². The Morgan fingerprint density at radius 2 is 1.69 bits per heavy atom. The smallest absolute Gasteiger partial charge is 0.325 e. The molecule has 0 aliphatic rings. The molecule has 0 spiro atoms. The van der Waals surface area contributed by atoms with Crippen LogP contribution >= 0.6 is 0 Å². The molecule has 0 fully saturated rings. The second-order valence-corrected chi connectivity index (χ2v) is 6.73. The van der Waals surface area contributed by atoms with Crippen molar-refractivity contribution in [3.05, 3.63) is 65.9 Å². The summed E-state index contributed by atoms with van der Waals surface area (Å²) in [5.41, 5.74) is 3.50. The molecule has 1 aromatic heterocycles. The molecule has 7 heteroatoms. The quantitative estimate of drug-likeness (QED) is 0.602. The van der Waals surface area contributed by atoms with Gasteiger partial charge in [-0.05, 0) is 29.3 Å². The zero-order valence-electron chi connectivity index (χ0n) is 16.4. The summed E-state index contributed by atoms with van der Waals surface area (Å²) in [6.45, 7) is -0.155. The first kappa shape index (κ1) is 20.1. The van der Waals surface area contributed by atoms with Crippen molar-refractivity contribution in [1.82, 2.24) is 9.88 Å². The van der Waals surface area contributed by atoms with Gasteiger partial charge in [-0.1, -0.05) is 30.3 Å². The van der Waals surface area contributed by atoms with Gasteiger partial charge >= 0.3 is 5.97 Å². The Balaban J connectivity index is 1.56. The Morgan fingerprint density at radius 3 is 2.41 bits per heavy atom. The van der Waals surface area contributed by atoms with Crippen LogP contribution in [0.5, 0.6) is 0 Å². The lowest BCUT2D eigenvalue weighted by molar-refractivity contribution is -0.141. The highest BCUT2D eigenvalue weighted by atomic mass is 16.5. The van der Waals surface area contributed by atoms with Gasteiger partial charge in [0.2, 0.25) is 11.8 Å². The second-order valence-electron chi connectivity index (χ2n) is 6.73. The molecule has 0 saturated carbocycles. The van der Waals surface area contributed by atoms with Crippen LogP contribution in [0.4, 0.5) is 5.69 Å². The molecule has 150 valence electrons. The molecule has 2 N–H and O–H groups in total. The maximum atomic E-state index is 12.4. The second kappa shape index (κ2) is 9.05. The average Bonchev–Trinajstić information content (AvgIpc) is 3.03. The summed E-state index contributed by atoms with van der Waals surface area (Å²) in [7, 11) is 3.23. The summed E-state index contributed by atoms with van der Waals surface area (Å²) < 4.78 is 6.49. The van der Waals surface area contributed by atoms with E-state index in [1.165, 1.54) is 7.11 Å². The number of nitrogens with one attached hydrogen (secondary N) is 2. The number of amides is 2. The molecule has 3 aromatic rings. The third kappa shape index (κ3) is 5.22. The fourth-order valence-electron chi connectivity index (χ4n) is 3.14. The van der Waals surface area contributed by atoms with Crippen LogP contribution in [0.15, 0.2) is 54.7 Å². The molecule has 1 heterocycles. The number of benzene rings is 2. The van der Waals surface area contributed by atoms with Gasteiger partial charge in [0, 0.05) is 29.8 Å². The summed E-state index contributed by atoms with van der Waals surface area (Å²) >= 11 is 0. The van der Waals surface area contributed by atoms with Gasteiger partial charge in [0.05, 0.1) is 20.0 Å². The largest absolute Gasteiger partial charge is 0.468 e. The first-order chi connectivity index (χ1) is 14.0. The van der Waals surface area contributed by atoms with Crippen molar-refractivity contribution in [1.29, 1.82) is 0 Å². The van der Waals surface area contributed by atoms with Gasteiger partial charge in [-0.3, -0.25) is 14.4 Å². The van der Waals surface area contributed by atoms with E-state index in [1.807, 2.05) is 42.1 Å².